The van der Waals surface area contributed by atoms with Crippen LogP contribution < -0.4 is 9.46 Å². The number of phenols is 1. The second-order valence-corrected chi connectivity index (χ2v) is 6.05. The third-order valence-corrected chi connectivity index (χ3v) is 4.40. The van der Waals surface area contributed by atoms with Gasteiger partial charge in [0.15, 0.2) is 0 Å². The molecule has 0 heterocycles. The topological polar surface area (TPSA) is 75.6 Å². The zero-order valence-corrected chi connectivity index (χ0v) is 12.2. The number of hydrogen-bond donors (Lipinski definition) is 2. The summed E-state index contributed by atoms with van der Waals surface area (Å²) in [6.07, 6.45) is 0. The molecular formula is C14H14FNO4S. The maximum absolute atomic E-state index is 13.1. The molecule has 21 heavy (non-hydrogen) atoms. The molecule has 0 aromatic heterocycles. The Kier molecular flexibility index (Phi) is 4.04. The molecule has 2 N–H and O–H groups in total. The second kappa shape index (κ2) is 5.61. The Bertz CT molecular complexity index is 775. The summed E-state index contributed by atoms with van der Waals surface area (Å²) in [5, 5.41) is 9.71. The summed E-state index contributed by atoms with van der Waals surface area (Å²) in [6, 6.07) is 7.52. The van der Waals surface area contributed by atoms with Crippen LogP contribution in [0.5, 0.6) is 11.5 Å². The molecule has 2 rings (SSSR count). The van der Waals surface area contributed by atoms with Gasteiger partial charge in [0, 0.05) is 6.07 Å². The van der Waals surface area contributed by atoms with Crippen molar-refractivity contribution in [3.63, 3.8) is 0 Å². The van der Waals surface area contributed by atoms with Gasteiger partial charge in [0.2, 0.25) is 0 Å². The summed E-state index contributed by atoms with van der Waals surface area (Å²) in [5.41, 5.74) is 0.253. The molecule has 0 amide bonds. The fraction of sp³-hybridized carbons (Fsp3) is 0.143. The number of methoxy groups -OCH3 is 1. The molecule has 0 aliphatic carbocycles. The van der Waals surface area contributed by atoms with Gasteiger partial charge in [-0.1, -0.05) is 0 Å². The van der Waals surface area contributed by atoms with Crippen LogP contribution in [0.15, 0.2) is 41.3 Å². The third kappa shape index (κ3) is 3.25. The summed E-state index contributed by atoms with van der Waals surface area (Å²) in [5.74, 6) is -0.365. The number of ether oxygens (including phenoxy) is 1. The molecular weight excluding hydrogens is 297 g/mol. The highest BCUT2D eigenvalue weighted by Gasteiger charge is 2.19. The van der Waals surface area contributed by atoms with E-state index in [1.807, 2.05) is 0 Å². The standard InChI is InChI=1S/C14H14FNO4S/c1-9-7-10(15)3-6-14(9)21(18,19)16-12-8-11(20-2)4-5-13(12)17/h3-8,16-17H,1-2H3. The molecule has 0 spiro atoms. The number of anilines is 1. The van der Waals surface area contributed by atoms with Crippen LogP contribution >= 0.6 is 0 Å². The van der Waals surface area contributed by atoms with E-state index in [4.69, 9.17) is 4.74 Å². The SMILES string of the molecule is COc1ccc(O)c(NS(=O)(=O)c2ccc(F)cc2C)c1. The highest BCUT2D eigenvalue weighted by molar-refractivity contribution is 7.92. The van der Waals surface area contributed by atoms with Crippen molar-refractivity contribution in [2.24, 2.45) is 0 Å². The van der Waals surface area contributed by atoms with E-state index in [1.54, 1.807) is 0 Å². The molecule has 0 aliphatic heterocycles. The highest BCUT2D eigenvalue weighted by atomic mass is 32.2. The number of aromatic hydroxyl groups is 1. The molecule has 2 aromatic rings. The van der Waals surface area contributed by atoms with Crippen molar-refractivity contribution in [3.05, 3.63) is 47.8 Å². The average Bonchev–Trinajstić information content (AvgIpc) is 2.40. The van der Waals surface area contributed by atoms with Crippen LogP contribution in [0.25, 0.3) is 0 Å². The van der Waals surface area contributed by atoms with Crippen LogP contribution in [0, 0.1) is 12.7 Å². The molecule has 0 fully saturated rings. The number of benzene rings is 2. The smallest absolute Gasteiger partial charge is 0.262 e. The molecule has 0 saturated carbocycles. The van der Waals surface area contributed by atoms with E-state index in [1.165, 1.54) is 38.3 Å². The van der Waals surface area contributed by atoms with E-state index in [2.05, 4.69) is 4.72 Å². The van der Waals surface area contributed by atoms with Crippen LogP contribution in [0.4, 0.5) is 10.1 Å². The van der Waals surface area contributed by atoms with Gasteiger partial charge in [0.1, 0.15) is 17.3 Å². The summed E-state index contributed by atoms with van der Waals surface area (Å²) >= 11 is 0. The Balaban J connectivity index is 2.42. The normalized spacial score (nSPS) is 11.2. The van der Waals surface area contributed by atoms with Crippen LogP contribution in [0.2, 0.25) is 0 Å². The van der Waals surface area contributed by atoms with E-state index in [-0.39, 0.29) is 21.9 Å². The largest absolute Gasteiger partial charge is 0.506 e. The van der Waals surface area contributed by atoms with E-state index < -0.39 is 15.8 Å². The van der Waals surface area contributed by atoms with Crippen molar-refractivity contribution in [1.29, 1.82) is 0 Å². The van der Waals surface area contributed by atoms with Crippen molar-refractivity contribution < 1.29 is 22.7 Å². The molecule has 5 nitrogen and oxygen atoms in total. The van der Waals surface area contributed by atoms with Gasteiger partial charge in [0.25, 0.3) is 10.0 Å². The molecule has 7 heteroatoms. The number of sulfonamides is 1. The molecule has 0 radical (unpaired) electrons. The van der Waals surface area contributed by atoms with Gasteiger partial charge < -0.3 is 9.84 Å². The fourth-order valence-electron chi connectivity index (χ4n) is 1.84. The molecule has 2 aromatic carbocycles. The van der Waals surface area contributed by atoms with E-state index >= 15 is 0 Å². The van der Waals surface area contributed by atoms with Gasteiger partial charge in [-0.05, 0) is 42.8 Å². The first-order valence-corrected chi connectivity index (χ1v) is 7.48. The summed E-state index contributed by atoms with van der Waals surface area (Å²) in [6.45, 7) is 1.49. The summed E-state index contributed by atoms with van der Waals surface area (Å²) in [7, 11) is -2.52. The zero-order valence-electron chi connectivity index (χ0n) is 11.4. The predicted molar refractivity (Wildman–Crippen MR) is 76.6 cm³/mol. The molecule has 0 atom stereocenters. The Hall–Kier alpha value is -2.28. The third-order valence-electron chi connectivity index (χ3n) is 2.87. The lowest BCUT2D eigenvalue weighted by molar-refractivity contribution is 0.413. The predicted octanol–water partition coefficient (Wildman–Crippen LogP) is 2.65. The maximum atomic E-state index is 13.1. The number of phenolic OH excluding ortho intramolecular Hbond substituents is 1. The zero-order chi connectivity index (χ0) is 15.6. The highest BCUT2D eigenvalue weighted by Crippen LogP contribution is 2.30. The summed E-state index contributed by atoms with van der Waals surface area (Å²) in [4.78, 5) is -0.0638. The monoisotopic (exact) mass is 311 g/mol. The quantitative estimate of drug-likeness (QED) is 0.851. The first-order chi connectivity index (χ1) is 9.83. The summed E-state index contributed by atoms with van der Waals surface area (Å²) < 4.78 is 44.9. The Morgan fingerprint density at radius 1 is 1.19 bits per heavy atom. The molecule has 0 aliphatic rings. The van der Waals surface area contributed by atoms with Gasteiger partial charge in [-0.15, -0.1) is 0 Å². The van der Waals surface area contributed by atoms with Crippen molar-refractivity contribution in [2.75, 3.05) is 11.8 Å². The van der Waals surface area contributed by atoms with Crippen molar-refractivity contribution in [1.82, 2.24) is 0 Å². The van der Waals surface area contributed by atoms with E-state index in [0.29, 0.717) is 5.75 Å². The Labute approximate surface area is 122 Å². The number of nitrogens with one attached hydrogen (secondary N) is 1. The van der Waals surface area contributed by atoms with E-state index in [9.17, 15) is 17.9 Å². The minimum atomic E-state index is -3.94. The number of halogens is 1. The Morgan fingerprint density at radius 2 is 1.90 bits per heavy atom. The minimum Gasteiger partial charge on any atom is -0.506 e. The number of aryl methyl sites for hydroxylation is 1. The number of rotatable bonds is 4. The van der Waals surface area contributed by atoms with Crippen molar-refractivity contribution in [3.8, 4) is 11.5 Å². The number of hydrogen-bond acceptors (Lipinski definition) is 4. The Morgan fingerprint density at radius 3 is 2.52 bits per heavy atom. The fourth-order valence-corrected chi connectivity index (χ4v) is 3.13. The van der Waals surface area contributed by atoms with Crippen LogP contribution in [-0.4, -0.2) is 20.6 Å². The minimum absolute atomic E-state index is 0.0157. The molecule has 0 saturated heterocycles. The van der Waals surface area contributed by atoms with Crippen molar-refractivity contribution in [2.45, 2.75) is 11.8 Å². The van der Waals surface area contributed by atoms with Gasteiger partial charge in [-0.3, -0.25) is 4.72 Å². The van der Waals surface area contributed by atoms with Crippen molar-refractivity contribution >= 4 is 15.7 Å². The first-order valence-electron chi connectivity index (χ1n) is 5.99. The lowest BCUT2D eigenvalue weighted by atomic mass is 10.2. The van der Waals surface area contributed by atoms with Crippen LogP contribution in [0.1, 0.15) is 5.56 Å². The molecule has 0 bridgehead atoms. The van der Waals surface area contributed by atoms with Gasteiger partial charge in [-0.2, -0.15) is 0 Å². The van der Waals surface area contributed by atoms with Crippen LogP contribution in [-0.2, 0) is 10.0 Å². The molecule has 112 valence electrons. The van der Waals surface area contributed by atoms with Crippen LogP contribution in [0.3, 0.4) is 0 Å². The lowest BCUT2D eigenvalue weighted by Gasteiger charge is -2.12. The van der Waals surface area contributed by atoms with Gasteiger partial charge in [-0.25, -0.2) is 12.8 Å². The second-order valence-electron chi connectivity index (χ2n) is 4.40. The average molecular weight is 311 g/mol. The maximum Gasteiger partial charge on any atom is 0.262 e. The van der Waals surface area contributed by atoms with E-state index in [0.717, 1.165) is 12.1 Å². The lowest BCUT2D eigenvalue weighted by Crippen LogP contribution is -2.14. The van der Waals surface area contributed by atoms with Gasteiger partial charge in [0.05, 0.1) is 17.7 Å². The first kappa shape index (κ1) is 15.1. The van der Waals surface area contributed by atoms with Gasteiger partial charge >= 0.3 is 0 Å². The molecule has 0 unspecified atom stereocenters.